The largest absolute Gasteiger partial charge is 0.383 e. The van der Waals surface area contributed by atoms with Crippen LogP contribution in [0.3, 0.4) is 0 Å². The first-order chi connectivity index (χ1) is 13.2. The van der Waals surface area contributed by atoms with Gasteiger partial charge in [0.1, 0.15) is 0 Å². The molecule has 0 heterocycles. The van der Waals surface area contributed by atoms with Gasteiger partial charge >= 0.3 is 0 Å². The van der Waals surface area contributed by atoms with Gasteiger partial charge in [0.05, 0.1) is 6.04 Å². The van der Waals surface area contributed by atoms with Gasteiger partial charge in [0, 0.05) is 23.3 Å². The number of fused-ring (bicyclic) bond motifs is 1. The Kier molecular flexibility index (Phi) is 5.71. The summed E-state index contributed by atoms with van der Waals surface area (Å²) in [5.41, 5.74) is 9.35. The zero-order chi connectivity index (χ0) is 20.3. The summed E-state index contributed by atoms with van der Waals surface area (Å²) in [6.45, 7) is 8.53. The van der Waals surface area contributed by atoms with E-state index < -0.39 is 0 Å². The van der Waals surface area contributed by atoms with E-state index in [9.17, 15) is 4.79 Å². The van der Waals surface area contributed by atoms with Crippen LogP contribution in [0.5, 0.6) is 0 Å². The maximum absolute atomic E-state index is 13.0. The fourth-order valence-corrected chi connectivity index (χ4v) is 3.29. The van der Waals surface area contributed by atoms with Crippen molar-refractivity contribution in [2.75, 3.05) is 11.9 Å². The van der Waals surface area contributed by atoms with E-state index in [1.165, 1.54) is 5.39 Å². The summed E-state index contributed by atoms with van der Waals surface area (Å²) >= 11 is 0. The number of aryl methyl sites for hydroxylation is 1. The minimum absolute atomic E-state index is 0.0754. The van der Waals surface area contributed by atoms with E-state index in [2.05, 4.69) is 34.9 Å². The smallest absolute Gasteiger partial charge is 0.252 e. The molecule has 0 saturated heterocycles. The van der Waals surface area contributed by atoms with Crippen LogP contribution in [0.15, 0.2) is 60.7 Å². The number of nitrogens with one attached hydrogen (secondary N) is 2. The lowest BCUT2D eigenvalue weighted by Gasteiger charge is -2.21. The lowest BCUT2D eigenvalue weighted by atomic mass is 9.99. The van der Waals surface area contributed by atoms with Crippen LogP contribution in [0.4, 0.5) is 5.69 Å². The summed E-state index contributed by atoms with van der Waals surface area (Å²) in [6.07, 6.45) is 0. The van der Waals surface area contributed by atoms with Crippen molar-refractivity contribution in [3.05, 3.63) is 77.4 Å². The normalized spacial score (nSPS) is 12.6. The van der Waals surface area contributed by atoms with Crippen LogP contribution in [0, 0.1) is 6.92 Å². The van der Waals surface area contributed by atoms with E-state index in [-0.39, 0.29) is 17.5 Å². The van der Waals surface area contributed by atoms with Gasteiger partial charge in [-0.25, -0.2) is 0 Å². The number of hydrogen-bond acceptors (Lipinski definition) is 3. The third kappa shape index (κ3) is 4.70. The molecule has 0 saturated carbocycles. The van der Waals surface area contributed by atoms with Gasteiger partial charge in [-0.3, -0.25) is 4.79 Å². The molecular weight excluding hydrogens is 346 g/mol. The molecule has 146 valence electrons. The maximum atomic E-state index is 13.0. The number of rotatable bonds is 6. The second kappa shape index (κ2) is 8.03. The highest BCUT2D eigenvalue weighted by atomic mass is 16.1. The Morgan fingerprint density at radius 2 is 1.79 bits per heavy atom. The predicted octanol–water partition coefficient (Wildman–Crippen LogP) is 4.79. The van der Waals surface area contributed by atoms with Crippen molar-refractivity contribution >= 4 is 22.4 Å². The minimum atomic E-state index is -0.323. The Labute approximate surface area is 167 Å². The van der Waals surface area contributed by atoms with E-state index in [0.29, 0.717) is 12.1 Å². The van der Waals surface area contributed by atoms with E-state index in [1.807, 2.05) is 64.1 Å². The van der Waals surface area contributed by atoms with Crippen LogP contribution >= 0.6 is 0 Å². The van der Waals surface area contributed by atoms with Crippen LogP contribution in [0.25, 0.3) is 10.8 Å². The lowest BCUT2D eigenvalue weighted by molar-refractivity contribution is 0.0939. The molecule has 0 aliphatic heterocycles. The third-order valence-electron chi connectivity index (χ3n) is 4.87. The molecule has 4 N–H and O–H groups in total. The van der Waals surface area contributed by atoms with Crippen molar-refractivity contribution in [2.24, 2.45) is 5.73 Å². The fraction of sp³-hybridized carbons (Fsp3) is 0.292. The lowest BCUT2D eigenvalue weighted by Crippen LogP contribution is -2.39. The van der Waals surface area contributed by atoms with Crippen LogP contribution in [-0.4, -0.2) is 18.0 Å². The quantitative estimate of drug-likeness (QED) is 0.580. The van der Waals surface area contributed by atoms with Crippen molar-refractivity contribution < 1.29 is 4.79 Å². The van der Waals surface area contributed by atoms with E-state index in [1.54, 1.807) is 0 Å². The number of hydrogen-bond donors (Lipinski definition) is 3. The van der Waals surface area contributed by atoms with Crippen LogP contribution in [-0.2, 0) is 0 Å². The fourth-order valence-electron chi connectivity index (χ4n) is 3.29. The molecule has 4 nitrogen and oxygen atoms in total. The van der Waals surface area contributed by atoms with Gasteiger partial charge in [0.15, 0.2) is 0 Å². The first kappa shape index (κ1) is 19.9. The SMILES string of the molecule is Cc1ccc(NCC(C)(C)N)cc1C(=O)N[C@H](C)c1cccc2ccccc12. The number of nitrogens with two attached hydrogens (primary N) is 1. The predicted molar refractivity (Wildman–Crippen MR) is 118 cm³/mol. The number of amides is 1. The van der Waals surface area contributed by atoms with Crippen molar-refractivity contribution in [3.8, 4) is 0 Å². The zero-order valence-electron chi connectivity index (χ0n) is 17.0. The van der Waals surface area contributed by atoms with Crippen molar-refractivity contribution in [2.45, 2.75) is 39.3 Å². The molecule has 1 atom stereocenters. The summed E-state index contributed by atoms with van der Waals surface area (Å²) < 4.78 is 0. The Morgan fingerprint density at radius 3 is 2.54 bits per heavy atom. The first-order valence-corrected chi connectivity index (χ1v) is 9.66. The minimum Gasteiger partial charge on any atom is -0.383 e. The van der Waals surface area contributed by atoms with Crippen LogP contribution in [0.2, 0.25) is 0 Å². The van der Waals surface area contributed by atoms with Crippen molar-refractivity contribution in [3.63, 3.8) is 0 Å². The van der Waals surface area contributed by atoms with Crippen LogP contribution < -0.4 is 16.4 Å². The van der Waals surface area contributed by atoms with Crippen LogP contribution in [0.1, 0.15) is 48.3 Å². The van der Waals surface area contributed by atoms with E-state index in [0.717, 1.165) is 22.2 Å². The Morgan fingerprint density at radius 1 is 1.07 bits per heavy atom. The standard InChI is InChI=1S/C24H29N3O/c1-16-12-13-19(26-15-24(3,4)25)14-22(16)23(28)27-17(2)20-11-7-9-18-8-5-6-10-21(18)20/h5-14,17,26H,15,25H2,1-4H3,(H,27,28)/t17-/m1/s1. The van der Waals surface area contributed by atoms with Gasteiger partial charge < -0.3 is 16.4 Å². The van der Waals surface area contributed by atoms with Gasteiger partial charge in [-0.05, 0) is 61.7 Å². The Bertz CT molecular complexity index is 983. The molecule has 4 heteroatoms. The monoisotopic (exact) mass is 375 g/mol. The van der Waals surface area contributed by atoms with E-state index >= 15 is 0 Å². The second-order valence-corrected chi connectivity index (χ2v) is 8.14. The zero-order valence-corrected chi connectivity index (χ0v) is 17.0. The third-order valence-corrected chi connectivity index (χ3v) is 4.87. The summed E-state index contributed by atoms with van der Waals surface area (Å²) in [6, 6.07) is 20.2. The first-order valence-electron chi connectivity index (χ1n) is 9.66. The summed E-state index contributed by atoms with van der Waals surface area (Å²) in [5.74, 6) is -0.0754. The van der Waals surface area contributed by atoms with Gasteiger partial charge in [0.2, 0.25) is 0 Å². The molecule has 28 heavy (non-hydrogen) atoms. The van der Waals surface area contributed by atoms with Crippen molar-refractivity contribution in [1.82, 2.24) is 5.32 Å². The number of carbonyl (C=O) groups is 1. The van der Waals surface area contributed by atoms with Gasteiger partial charge in [-0.1, -0.05) is 48.5 Å². The molecule has 0 fully saturated rings. The molecule has 3 aromatic rings. The highest BCUT2D eigenvalue weighted by Crippen LogP contribution is 2.25. The molecule has 0 aliphatic rings. The molecule has 0 bridgehead atoms. The van der Waals surface area contributed by atoms with Gasteiger partial charge in [-0.15, -0.1) is 0 Å². The number of anilines is 1. The average Bonchev–Trinajstić information content (AvgIpc) is 2.66. The Hall–Kier alpha value is -2.85. The average molecular weight is 376 g/mol. The van der Waals surface area contributed by atoms with E-state index in [4.69, 9.17) is 5.73 Å². The molecule has 1 amide bonds. The highest BCUT2D eigenvalue weighted by molar-refractivity contribution is 5.97. The molecule has 0 spiro atoms. The molecule has 0 aliphatic carbocycles. The summed E-state index contributed by atoms with van der Waals surface area (Å²) in [7, 11) is 0. The molecule has 3 aromatic carbocycles. The van der Waals surface area contributed by atoms with Gasteiger partial charge in [-0.2, -0.15) is 0 Å². The highest BCUT2D eigenvalue weighted by Gasteiger charge is 2.16. The Balaban J connectivity index is 1.80. The number of carbonyl (C=O) groups excluding carboxylic acids is 1. The molecule has 0 aromatic heterocycles. The summed E-state index contributed by atoms with van der Waals surface area (Å²) in [4.78, 5) is 13.0. The molecular formula is C24H29N3O. The summed E-state index contributed by atoms with van der Waals surface area (Å²) in [5, 5.41) is 8.80. The number of benzene rings is 3. The molecule has 3 rings (SSSR count). The van der Waals surface area contributed by atoms with Crippen molar-refractivity contribution in [1.29, 1.82) is 0 Å². The second-order valence-electron chi connectivity index (χ2n) is 8.14. The van der Waals surface area contributed by atoms with Gasteiger partial charge in [0.25, 0.3) is 5.91 Å². The maximum Gasteiger partial charge on any atom is 0.252 e. The topological polar surface area (TPSA) is 67.1 Å². The molecule has 0 radical (unpaired) electrons. The molecule has 0 unspecified atom stereocenters.